The van der Waals surface area contributed by atoms with E-state index in [1.807, 2.05) is 13.8 Å². The molecule has 4 rings (SSSR count). The number of halogens is 2. The van der Waals surface area contributed by atoms with Gasteiger partial charge in [0.05, 0.1) is 18.0 Å². The Morgan fingerprint density at radius 1 is 1.17 bits per heavy atom. The van der Waals surface area contributed by atoms with Crippen LogP contribution in [0.3, 0.4) is 0 Å². The summed E-state index contributed by atoms with van der Waals surface area (Å²) in [4.78, 5) is 8.96. The molecule has 0 spiro atoms. The molecule has 3 N–H and O–H groups in total. The zero-order chi connectivity index (χ0) is 24.8. The van der Waals surface area contributed by atoms with E-state index in [0.29, 0.717) is 35.7 Å². The Balaban J connectivity index is 1.51. The average Bonchev–Trinajstić information content (AvgIpc) is 2.84. The zero-order valence-corrected chi connectivity index (χ0v) is 21.3. The number of nitrogens with one attached hydrogen (secondary N) is 3. The highest BCUT2D eigenvalue weighted by molar-refractivity contribution is 6.32. The first kappa shape index (κ1) is 25.2. The second-order valence-corrected chi connectivity index (χ2v) is 9.62. The third-order valence-electron chi connectivity index (χ3n) is 6.12. The molecule has 0 bridgehead atoms. The minimum atomic E-state index is -0.240. The average molecular weight is 498 g/mol. The molecule has 1 fully saturated rings. The lowest BCUT2D eigenvalue weighted by atomic mass is 9.87. The van der Waals surface area contributed by atoms with Gasteiger partial charge in [-0.1, -0.05) is 23.7 Å². The molecule has 1 saturated heterocycles. The van der Waals surface area contributed by atoms with Crippen LogP contribution in [0.2, 0.25) is 5.02 Å². The number of ether oxygens (including phenoxy) is 1. The van der Waals surface area contributed by atoms with Gasteiger partial charge in [-0.05, 0) is 100.0 Å². The van der Waals surface area contributed by atoms with Crippen molar-refractivity contribution >= 4 is 29.1 Å². The fraction of sp³-hybridized carbons (Fsp3) is 0.407. The molecule has 35 heavy (non-hydrogen) atoms. The van der Waals surface area contributed by atoms with Gasteiger partial charge in [0.1, 0.15) is 16.6 Å². The van der Waals surface area contributed by atoms with Crippen molar-refractivity contribution in [2.24, 2.45) is 0 Å². The van der Waals surface area contributed by atoms with E-state index in [1.54, 1.807) is 18.3 Å². The molecular weight excluding hydrogens is 465 g/mol. The monoisotopic (exact) mass is 497 g/mol. The quantitative estimate of drug-likeness (QED) is 0.325. The lowest BCUT2D eigenvalue weighted by Crippen LogP contribution is -2.27. The molecule has 6 nitrogen and oxygen atoms in total. The molecule has 0 aliphatic carbocycles. The maximum Gasteiger partial charge on any atom is 0.229 e. The standard InChI is InChI=1S/C27H33ClFN5O/c1-17(2)35-25-15-22(20-9-11-30-12-10-20)18(3)14-24(25)33-27-32-16-23(28)26(34-27)31-13-8-19-4-6-21(29)7-5-19/h4-7,14-17,20,30H,8-13H2,1-3H3,(H2,31,32,33,34). The van der Waals surface area contributed by atoms with E-state index in [0.717, 1.165) is 42.9 Å². The molecule has 3 aromatic rings. The number of nitrogens with zero attached hydrogens (tertiary/aromatic N) is 2. The normalized spacial score (nSPS) is 14.2. The molecule has 0 radical (unpaired) electrons. The molecule has 0 amide bonds. The number of aromatic nitrogens is 2. The first-order valence-corrected chi connectivity index (χ1v) is 12.6. The molecule has 0 saturated carbocycles. The highest BCUT2D eigenvalue weighted by Gasteiger charge is 2.20. The van der Waals surface area contributed by atoms with Gasteiger partial charge in [0, 0.05) is 6.54 Å². The summed E-state index contributed by atoms with van der Waals surface area (Å²) >= 11 is 6.34. The molecule has 1 aliphatic heterocycles. The lowest BCUT2D eigenvalue weighted by Gasteiger charge is -2.26. The van der Waals surface area contributed by atoms with E-state index in [4.69, 9.17) is 16.3 Å². The lowest BCUT2D eigenvalue weighted by molar-refractivity contribution is 0.243. The summed E-state index contributed by atoms with van der Waals surface area (Å²) in [6.45, 7) is 8.88. The first-order chi connectivity index (χ1) is 16.9. The van der Waals surface area contributed by atoms with Gasteiger partial charge in [-0.15, -0.1) is 0 Å². The molecule has 1 aromatic heterocycles. The summed E-state index contributed by atoms with van der Waals surface area (Å²) in [5.41, 5.74) is 4.42. The molecular formula is C27H33ClFN5O. The highest BCUT2D eigenvalue weighted by Crippen LogP contribution is 2.37. The summed E-state index contributed by atoms with van der Waals surface area (Å²) < 4.78 is 19.3. The summed E-state index contributed by atoms with van der Waals surface area (Å²) in [5.74, 6) is 2.06. The number of rotatable bonds is 9. The van der Waals surface area contributed by atoms with Crippen molar-refractivity contribution in [3.8, 4) is 5.75 Å². The number of piperidine rings is 1. The molecule has 1 aliphatic rings. The van der Waals surface area contributed by atoms with Crippen LogP contribution in [0, 0.1) is 12.7 Å². The predicted molar refractivity (Wildman–Crippen MR) is 141 cm³/mol. The van der Waals surface area contributed by atoms with Gasteiger partial charge in [-0.25, -0.2) is 9.37 Å². The van der Waals surface area contributed by atoms with E-state index in [-0.39, 0.29) is 11.9 Å². The van der Waals surface area contributed by atoms with Crippen LogP contribution < -0.4 is 20.7 Å². The zero-order valence-electron chi connectivity index (χ0n) is 20.5. The number of anilines is 3. The fourth-order valence-corrected chi connectivity index (χ4v) is 4.53. The van der Waals surface area contributed by atoms with Crippen LogP contribution in [0.1, 0.15) is 49.3 Å². The van der Waals surface area contributed by atoms with Crippen molar-refractivity contribution in [2.45, 2.75) is 52.1 Å². The van der Waals surface area contributed by atoms with Gasteiger partial charge >= 0.3 is 0 Å². The van der Waals surface area contributed by atoms with Gasteiger partial charge in [0.25, 0.3) is 0 Å². The summed E-state index contributed by atoms with van der Waals surface area (Å²) in [7, 11) is 0. The smallest absolute Gasteiger partial charge is 0.229 e. The van der Waals surface area contributed by atoms with Crippen LogP contribution in [0.25, 0.3) is 0 Å². The van der Waals surface area contributed by atoms with Gasteiger partial charge in [0.2, 0.25) is 5.95 Å². The van der Waals surface area contributed by atoms with E-state index in [9.17, 15) is 4.39 Å². The second-order valence-electron chi connectivity index (χ2n) is 9.21. The number of hydrogen-bond donors (Lipinski definition) is 3. The van der Waals surface area contributed by atoms with E-state index < -0.39 is 0 Å². The fourth-order valence-electron chi connectivity index (χ4n) is 4.37. The summed E-state index contributed by atoms with van der Waals surface area (Å²) in [5, 5.41) is 10.5. The maximum atomic E-state index is 13.1. The second kappa shape index (κ2) is 11.7. The third-order valence-corrected chi connectivity index (χ3v) is 6.40. The van der Waals surface area contributed by atoms with Crippen molar-refractivity contribution in [2.75, 3.05) is 30.3 Å². The minimum Gasteiger partial charge on any atom is -0.489 e. The third kappa shape index (κ3) is 6.83. The molecule has 2 aromatic carbocycles. The Bertz CT molecular complexity index is 1130. The number of hydrogen-bond acceptors (Lipinski definition) is 6. The van der Waals surface area contributed by atoms with Gasteiger partial charge < -0.3 is 20.7 Å². The van der Waals surface area contributed by atoms with Gasteiger partial charge in [0.15, 0.2) is 5.82 Å². The Hall–Kier alpha value is -2.90. The van der Waals surface area contributed by atoms with E-state index in [2.05, 4.69) is 45.0 Å². The van der Waals surface area contributed by atoms with E-state index in [1.165, 1.54) is 23.3 Å². The van der Waals surface area contributed by atoms with Crippen molar-refractivity contribution in [3.63, 3.8) is 0 Å². The summed E-state index contributed by atoms with van der Waals surface area (Å²) in [6.07, 6.45) is 4.59. The van der Waals surface area contributed by atoms with Crippen LogP contribution in [0.5, 0.6) is 5.75 Å². The van der Waals surface area contributed by atoms with Crippen LogP contribution in [0.4, 0.5) is 21.8 Å². The largest absolute Gasteiger partial charge is 0.489 e. The first-order valence-electron chi connectivity index (χ1n) is 12.2. The van der Waals surface area contributed by atoms with Crippen LogP contribution in [-0.4, -0.2) is 35.7 Å². The molecule has 0 atom stereocenters. The molecule has 2 heterocycles. The van der Waals surface area contributed by atoms with E-state index >= 15 is 0 Å². The Labute approximate surface area is 211 Å². The highest BCUT2D eigenvalue weighted by atomic mass is 35.5. The van der Waals surface area contributed by atoms with Crippen molar-refractivity contribution in [1.29, 1.82) is 0 Å². The predicted octanol–water partition coefficient (Wildman–Crippen LogP) is 6.23. The minimum absolute atomic E-state index is 0.0361. The van der Waals surface area contributed by atoms with Gasteiger partial charge in [-0.2, -0.15) is 4.98 Å². The van der Waals surface area contributed by atoms with Crippen molar-refractivity contribution in [1.82, 2.24) is 15.3 Å². The van der Waals surface area contributed by atoms with Crippen LogP contribution in [0.15, 0.2) is 42.6 Å². The SMILES string of the molecule is Cc1cc(Nc2ncc(Cl)c(NCCc3ccc(F)cc3)n2)c(OC(C)C)cc1C1CCNCC1. The molecule has 8 heteroatoms. The maximum absolute atomic E-state index is 13.1. The van der Waals surface area contributed by atoms with Crippen molar-refractivity contribution < 1.29 is 9.13 Å². The molecule has 0 unspecified atom stereocenters. The Kier molecular flexibility index (Phi) is 8.42. The van der Waals surface area contributed by atoms with Crippen molar-refractivity contribution in [3.05, 3.63) is 70.1 Å². The number of benzene rings is 2. The Morgan fingerprint density at radius 3 is 2.63 bits per heavy atom. The summed E-state index contributed by atoms with van der Waals surface area (Å²) in [6, 6.07) is 10.8. The molecule has 186 valence electrons. The topological polar surface area (TPSA) is 71.1 Å². The number of aryl methyl sites for hydroxylation is 1. The van der Waals surface area contributed by atoms with Gasteiger partial charge in [-0.3, -0.25) is 0 Å². The Morgan fingerprint density at radius 2 is 1.91 bits per heavy atom. The van der Waals surface area contributed by atoms with Crippen LogP contribution >= 0.6 is 11.6 Å². The van der Waals surface area contributed by atoms with Crippen LogP contribution in [-0.2, 0) is 6.42 Å².